The van der Waals surface area contributed by atoms with E-state index < -0.39 is 94.7 Å². The number of nitrogens with zero attached hydrogens (tertiary/aromatic N) is 1. The van der Waals surface area contributed by atoms with Crippen LogP contribution in [0.3, 0.4) is 0 Å². The van der Waals surface area contributed by atoms with E-state index in [-0.39, 0.29) is 18.1 Å². The number of aromatic amines is 1. The first-order valence-electron chi connectivity index (χ1n) is 11.7. The van der Waals surface area contributed by atoms with Crippen LogP contribution in [0.25, 0.3) is 0 Å². The molecule has 0 aliphatic carbocycles. The number of phosphoric acid groups is 1. The van der Waals surface area contributed by atoms with E-state index in [4.69, 9.17) is 29.6 Å². The average Bonchev–Trinajstić information content (AvgIpc) is 3.13. The second-order valence-corrected chi connectivity index (χ2v) is 11.9. The zero-order chi connectivity index (χ0) is 30.7. The van der Waals surface area contributed by atoms with Gasteiger partial charge < -0.3 is 65.4 Å². The summed E-state index contributed by atoms with van der Waals surface area (Å²) in [6.45, 7) is -0.778. The molecule has 9 atom stereocenters. The highest BCUT2D eigenvalue weighted by atomic mass is 31.2. The van der Waals surface area contributed by atoms with E-state index in [0.717, 1.165) is 13.0 Å². The lowest BCUT2D eigenvalue weighted by molar-refractivity contribution is -0.172. The number of H-pyrrole nitrogens is 1. The number of aliphatic hydroxyl groups excluding tert-OH is 4. The summed E-state index contributed by atoms with van der Waals surface area (Å²) in [5.74, 6) is -4.35. The third kappa shape index (κ3) is 8.62. The van der Waals surface area contributed by atoms with Crippen LogP contribution in [0.2, 0.25) is 0 Å². The molecule has 3 rings (SSSR count). The van der Waals surface area contributed by atoms with Crippen molar-refractivity contribution in [2.24, 2.45) is 0 Å². The Hall–Kier alpha value is -2.29. The molecular weight excluding hydrogens is 602 g/mol. The Labute approximate surface area is 230 Å². The molecule has 1 amide bonds. The maximum atomic E-state index is 12.7. The number of rotatable bonds is 12. The molecule has 0 spiro atoms. The number of aliphatic hydroxyl groups is 4. The topological polar surface area (TPSA) is 323 Å². The number of ether oxygens (including phenoxy) is 3. The summed E-state index contributed by atoms with van der Waals surface area (Å²) in [6.07, 6.45) is -8.89. The van der Waals surface area contributed by atoms with Gasteiger partial charge in [-0.15, -0.1) is 0 Å². The monoisotopic (exact) mass is 632 g/mol. The van der Waals surface area contributed by atoms with Gasteiger partial charge in [0, 0.05) is 13.0 Å². The van der Waals surface area contributed by atoms with Crippen molar-refractivity contribution in [3.05, 3.63) is 34.1 Å². The number of carbonyl (C=O) groups is 1. The van der Waals surface area contributed by atoms with E-state index >= 15 is 0 Å². The third-order valence-electron chi connectivity index (χ3n) is 5.63. The molecule has 41 heavy (non-hydrogen) atoms. The fourth-order valence-corrected chi connectivity index (χ4v) is 5.99. The number of nitrogens with two attached hydrogens (primary N) is 1. The van der Waals surface area contributed by atoms with Crippen molar-refractivity contribution in [3.8, 4) is 0 Å². The molecule has 0 bridgehead atoms. The van der Waals surface area contributed by atoms with E-state index in [0.29, 0.717) is 6.08 Å². The highest BCUT2D eigenvalue weighted by Crippen LogP contribution is 2.56. The van der Waals surface area contributed by atoms with Gasteiger partial charge in [-0.05, 0) is 6.08 Å². The molecule has 0 radical (unpaired) electrons. The molecule has 1 aromatic rings. The SMILES string of the molecule is CC(=O)N[C@H]1[C@H](OCCO)OC(C(OP(=O)(O)OC[C@H]2O[C@@H](c3cc(N)nc(=O)[nH]3)[C@H](O)[C@@H]2O)P(=O)(O)O)=C[C@@H]1O. The van der Waals surface area contributed by atoms with Crippen LogP contribution in [0.1, 0.15) is 18.7 Å². The van der Waals surface area contributed by atoms with E-state index in [1.807, 2.05) is 0 Å². The van der Waals surface area contributed by atoms with Gasteiger partial charge in [0.1, 0.15) is 48.1 Å². The molecule has 0 saturated carbocycles. The van der Waals surface area contributed by atoms with Gasteiger partial charge in [-0.3, -0.25) is 18.4 Å². The average molecular weight is 632 g/mol. The molecule has 11 N–H and O–H groups in total. The summed E-state index contributed by atoms with van der Waals surface area (Å²) >= 11 is 0. The van der Waals surface area contributed by atoms with Crippen LogP contribution in [-0.2, 0) is 37.2 Å². The van der Waals surface area contributed by atoms with Gasteiger partial charge in [0.05, 0.1) is 25.5 Å². The molecule has 3 heterocycles. The van der Waals surface area contributed by atoms with Crippen LogP contribution in [0.4, 0.5) is 5.82 Å². The number of nitrogens with one attached hydrogen (secondary N) is 2. The number of amides is 1. The van der Waals surface area contributed by atoms with Crippen molar-refractivity contribution < 1.29 is 72.3 Å². The zero-order valence-corrected chi connectivity index (χ0v) is 22.9. The zero-order valence-electron chi connectivity index (χ0n) is 21.1. The number of carbonyl (C=O) groups excluding carboxylic acids is 1. The van der Waals surface area contributed by atoms with Crippen LogP contribution in [-0.4, -0.2) is 113 Å². The number of hydrogen-bond donors (Lipinski definition) is 10. The molecule has 2 aliphatic rings. The summed E-state index contributed by atoms with van der Waals surface area (Å²) < 4.78 is 50.2. The van der Waals surface area contributed by atoms with Crippen molar-refractivity contribution in [2.45, 2.75) is 55.6 Å². The van der Waals surface area contributed by atoms with Crippen molar-refractivity contribution in [3.63, 3.8) is 0 Å². The molecule has 1 saturated heterocycles. The van der Waals surface area contributed by atoms with Gasteiger partial charge in [-0.2, -0.15) is 4.98 Å². The van der Waals surface area contributed by atoms with Gasteiger partial charge in [0.25, 0.3) is 0 Å². The van der Waals surface area contributed by atoms with E-state index in [1.165, 1.54) is 0 Å². The summed E-state index contributed by atoms with van der Waals surface area (Å²) in [5, 5.41) is 42.4. The summed E-state index contributed by atoms with van der Waals surface area (Å²) in [4.78, 5) is 58.6. The lowest BCUT2D eigenvalue weighted by Crippen LogP contribution is -2.54. The predicted molar refractivity (Wildman–Crippen MR) is 131 cm³/mol. The Balaban J connectivity index is 1.75. The standard InChI is InChI=1S/C19H30N4O16P2/c1-7(25)21-13-9(26)5-10(38-17(13)35-3-2-24)18(40(30,31)32)39-41(33,34)36-6-11-14(27)15(28)16(37-11)8-4-12(20)23-19(29)22-8/h4-5,9,11,13-18,24,26-28H,2-3,6H2,1H3,(H,21,25)(H,33,34)(H2,30,31,32)(H3,20,22,23,29)/t9-,11+,13+,14+,15+,16-,17+,18?/m0/s1. The van der Waals surface area contributed by atoms with Crippen LogP contribution in [0.15, 0.2) is 22.7 Å². The number of aromatic nitrogens is 2. The van der Waals surface area contributed by atoms with Crippen LogP contribution in [0.5, 0.6) is 0 Å². The smallest absolute Gasteiger partial charge is 0.464 e. The highest BCUT2D eigenvalue weighted by molar-refractivity contribution is 7.54. The lowest BCUT2D eigenvalue weighted by Gasteiger charge is -2.37. The van der Waals surface area contributed by atoms with Crippen LogP contribution < -0.4 is 16.7 Å². The first-order chi connectivity index (χ1) is 19.0. The molecule has 1 aromatic heterocycles. The molecule has 1 fully saturated rings. The Kier molecular flexibility index (Phi) is 10.8. The highest BCUT2D eigenvalue weighted by Gasteiger charge is 2.48. The fraction of sp³-hybridized carbons (Fsp3) is 0.632. The summed E-state index contributed by atoms with van der Waals surface area (Å²) in [6, 6.07) is -0.153. The van der Waals surface area contributed by atoms with E-state index in [1.54, 1.807) is 0 Å². The Morgan fingerprint density at radius 1 is 1.24 bits per heavy atom. The molecule has 0 aromatic carbocycles. The Morgan fingerprint density at radius 3 is 2.51 bits per heavy atom. The minimum atomic E-state index is -5.50. The number of anilines is 1. The first kappa shape index (κ1) is 33.2. The van der Waals surface area contributed by atoms with E-state index in [9.17, 15) is 48.7 Å². The molecule has 2 aliphatic heterocycles. The summed E-state index contributed by atoms with van der Waals surface area (Å²) in [5.41, 5.74) is 4.55. The fourth-order valence-electron chi connectivity index (χ4n) is 3.91. The van der Waals surface area contributed by atoms with Crippen molar-refractivity contribution >= 4 is 27.1 Å². The minimum Gasteiger partial charge on any atom is -0.464 e. The molecule has 22 heteroatoms. The predicted octanol–water partition coefficient (Wildman–Crippen LogP) is -3.73. The van der Waals surface area contributed by atoms with Gasteiger partial charge in [-0.25, -0.2) is 9.36 Å². The third-order valence-corrected chi connectivity index (χ3v) is 7.72. The van der Waals surface area contributed by atoms with Crippen LogP contribution >= 0.6 is 15.4 Å². The van der Waals surface area contributed by atoms with E-state index in [2.05, 4.69) is 19.8 Å². The lowest BCUT2D eigenvalue weighted by atomic mass is 10.1. The number of phosphoric ester groups is 1. The summed E-state index contributed by atoms with van der Waals surface area (Å²) in [7, 11) is -10.9. The number of hydrogen-bond acceptors (Lipinski definition) is 15. The van der Waals surface area contributed by atoms with Gasteiger partial charge in [-0.1, -0.05) is 0 Å². The number of nitrogen functional groups attached to an aromatic ring is 1. The van der Waals surface area contributed by atoms with Gasteiger partial charge in [0.2, 0.25) is 18.0 Å². The maximum Gasteiger partial charge on any atom is 0.473 e. The quantitative estimate of drug-likeness (QED) is 0.0990. The molecule has 2 unspecified atom stereocenters. The van der Waals surface area contributed by atoms with Crippen molar-refractivity contribution in [1.29, 1.82) is 0 Å². The molecule has 232 valence electrons. The molecule has 20 nitrogen and oxygen atoms in total. The van der Waals surface area contributed by atoms with Crippen molar-refractivity contribution in [2.75, 3.05) is 25.6 Å². The second kappa shape index (κ2) is 13.3. The molecular formula is C19H30N4O16P2. The van der Waals surface area contributed by atoms with Gasteiger partial charge >= 0.3 is 21.1 Å². The Morgan fingerprint density at radius 2 is 1.93 bits per heavy atom. The Bertz CT molecular complexity index is 1270. The minimum absolute atomic E-state index is 0.0722. The normalized spacial score (nSPS) is 30.6. The largest absolute Gasteiger partial charge is 0.473 e. The van der Waals surface area contributed by atoms with Gasteiger partial charge in [0.15, 0.2) is 0 Å². The van der Waals surface area contributed by atoms with Crippen LogP contribution in [0, 0.1) is 0 Å². The van der Waals surface area contributed by atoms with Crippen molar-refractivity contribution in [1.82, 2.24) is 15.3 Å². The second-order valence-electron chi connectivity index (χ2n) is 8.82. The maximum absolute atomic E-state index is 12.7. The first-order valence-corrected chi connectivity index (χ1v) is 14.9.